The maximum absolute atomic E-state index is 12.2. The summed E-state index contributed by atoms with van der Waals surface area (Å²) < 4.78 is 23.3. The lowest BCUT2D eigenvalue weighted by Gasteiger charge is -2.20. The van der Waals surface area contributed by atoms with Gasteiger partial charge in [0.05, 0.1) is 10.5 Å². The molecule has 1 aromatic rings. The van der Waals surface area contributed by atoms with Crippen LogP contribution in [0.3, 0.4) is 0 Å². The van der Waals surface area contributed by atoms with Crippen molar-refractivity contribution in [3.63, 3.8) is 0 Å². The van der Waals surface area contributed by atoms with Crippen molar-refractivity contribution in [3.05, 3.63) is 29.8 Å². The molecule has 0 aliphatic heterocycles. The highest BCUT2D eigenvalue weighted by Gasteiger charge is 2.20. The van der Waals surface area contributed by atoms with Gasteiger partial charge in [0.25, 0.3) is 5.91 Å². The van der Waals surface area contributed by atoms with Gasteiger partial charge in [0.15, 0.2) is 9.84 Å². The third-order valence-corrected chi connectivity index (χ3v) is 3.66. The van der Waals surface area contributed by atoms with Gasteiger partial charge in [-0.2, -0.15) is 0 Å². The van der Waals surface area contributed by atoms with Crippen LogP contribution in [0.5, 0.6) is 0 Å². The van der Waals surface area contributed by atoms with Crippen LogP contribution in [0.15, 0.2) is 29.2 Å². The van der Waals surface area contributed by atoms with Crippen LogP contribution in [-0.4, -0.2) is 39.1 Å². The Hall–Kier alpha value is -1.36. The molecular formula is C13H19NO3S. The number of rotatable bonds is 4. The molecule has 0 N–H and O–H groups in total. The van der Waals surface area contributed by atoms with Crippen LogP contribution in [0, 0.1) is 5.92 Å². The molecule has 1 amide bonds. The van der Waals surface area contributed by atoms with Gasteiger partial charge in [0.2, 0.25) is 0 Å². The molecule has 5 heteroatoms. The first kappa shape index (κ1) is 14.7. The van der Waals surface area contributed by atoms with Crippen molar-refractivity contribution < 1.29 is 13.2 Å². The van der Waals surface area contributed by atoms with E-state index in [0.29, 0.717) is 12.5 Å². The van der Waals surface area contributed by atoms with Crippen molar-refractivity contribution in [2.45, 2.75) is 18.7 Å². The van der Waals surface area contributed by atoms with Gasteiger partial charge < -0.3 is 4.90 Å². The highest BCUT2D eigenvalue weighted by molar-refractivity contribution is 7.90. The van der Waals surface area contributed by atoms with Gasteiger partial charge in [-0.15, -0.1) is 0 Å². The van der Waals surface area contributed by atoms with E-state index in [2.05, 4.69) is 0 Å². The smallest absolute Gasteiger partial charge is 0.254 e. The first-order chi connectivity index (χ1) is 8.23. The molecule has 0 aliphatic rings. The van der Waals surface area contributed by atoms with E-state index in [9.17, 15) is 13.2 Å². The molecule has 0 radical (unpaired) electrons. The Balaban J connectivity index is 3.14. The quantitative estimate of drug-likeness (QED) is 0.837. The number of amides is 1. The van der Waals surface area contributed by atoms with Crippen molar-refractivity contribution in [2.24, 2.45) is 5.92 Å². The maximum atomic E-state index is 12.2. The molecular weight excluding hydrogens is 250 g/mol. The molecule has 18 heavy (non-hydrogen) atoms. The van der Waals surface area contributed by atoms with E-state index in [4.69, 9.17) is 0 Å². The van der Waals surface area contributed by atoms with Crippen molar-refractivity contribution in [1.29, 1.82) is 0 Å². The molecule has 0 spiro atoms. The first-order valence-corrected chi connectivity index (χ1v) is 7.67. The summed E-state index contributed by atoms with van der Waals surface area (Å²) in [7, 11) is -1.71. The van der Waals surface area contributed by atoms with Crippen LogP contribution in [0.4, 0.5) is 0 Å². The zero-order valence-electron chi connectivity index (χ0n) is 11.2. The second-order valence-electron chi connectivity index (χ2n) is 4.85. The van der Waals surface area contributed by atoms with Gasteiger partial charge >= 0.3 is 0 Å². The zero-order valence-corrected chi connectivity index (χ0v) is 12.0. The lowest BCUT2D eigenvalue weighted by molar-refractivity contribution is 0.0775. The third kappa shape index (κ3) is 3.57. The molecule has 0 heterocycles. The SMILES string of the molecule is CC(C)CN(C)C(=O)c1ccccc1S(C)(=O)=O. The number of sulfone groups is 1. The second kappa shape index (κ2) is 5.52. The van der Waals surface area contributed by atoms with E-state index in [1.807, 2.05) is 13.8 Å². The molecule has 0 saturated heterocycles. The van der Waals surface area contributed by atoms with Gasteiger partial charge in [-0.05, 0) is 18.1 Å². The lowest BCUT2D eigenvalue weighted by Crippen LogP contribution is -2.31. The molecule has 0 atom stereocenters. The average Bonchev–Trinajstić information content (AvgIpc) is 2.26. The van der Waals surface area contributed by atoms with E-state index in [-0.39, 0.29) is 16.4 Å². The number of carbonyl (C=O) groups excluding carboxylic acids is 1. The second-order valence-corrected chi connectivity index (χ2v) is 6.83. The van der Waals surface area contributed by atoms with E-state index >= 15 is 0 Å². The van der Waals surface area contributed by atoms with E-state index < -0.39 is 9.84 Å². The summed E-state index contributed by atoms with van der Waals surface area (Å²) in [5.41, 5.74) is 0.239. The average molecular weight is 269 g/mol. The number of benzene rings is 1. The summed E-state index contributed by atoms with van der Waals surface area (Å²) in [4.78, 5) is 13.8. The highest BCUT2D eigenvalue weighted by Crippen LogP contribution is 2.17. The Morgan fingerprint density at radius 3 is 2.33 bits per heavy atom. The van der Waals surface area contributed by atoms with Gasteiger partial charge in [0, 0.05) is 19.8 Å². The Morgan fingerprint density at radius 1 is 1.28 bits per heavy atom. The standard InChI is InChI=1S/C13H19NO3S/c1-10(2)9-14(3)13(15)11-7-5-6-8-12(11)18(4,16)17/h5-8,10H,9H2,1-4H3. The number of hydrogen-bond donors (Lipinski definition) is 0. The minimum atomic E-state index is -3.39. The van der Waals surface area contributed by atoms with Gasteiger partial charge in [-0.25, -0.2) is 8.42 Å². The molecule has 0 bridgehead atoms. The maximum Gasteiger partial charge on any atom is 0.254 e. The normalized spacial score (nSPS) is 11.6. The molecule has 0 aromatic heterocycles. The van der Waals surface area contributed by atoms with Crippen molar-refractivity contribution in [3.8, 4) is 0 Å². The minimum Gasteiger partial charge on any atom is -0.341 e. The van der Waals surface area contributed by atoms with Crippen LogP contribution < -0.4 is 0 Å². The van der Waals surface area contributed by atoms with Crippen molar-refractivity contribution >= 4 is 15.7 Å². The van der Waals surface area contributed by atoms with Crippen LogP contribution in [0.2, 0.25) is 0 Å². The molecule has 0 unspecified atom stereocenters. The van der Waals surface area contributed by atoms with E-state index in [1.54, 1.807) is 30.1 Å². The monoisotopic (exact) mass is 269 g/mol. The fraction of sp³-hybridized carbons (Fsp3) is 0.462. The Morgan fingerprint density at radius 2 is 1.83 bits per heavy atom. The molecule has 1 aromatic carbocycles. The minimum absolute atomic E-state index is 0.0885. The predicted octanol–water partition coefficient (Wildman–Crippen LogP) is 1.82. The fourth-order valence-electron chi connectivity index (χ4n) is 1.80. The van der Waals surface area contributed by atoms with Crippen molar-refractivity contribution in [2.75, 3.05) is 19.8 Å². The molecule has 0 saturated carbocycles. The molecule has 0 fully saturated rings. The third-order valence-electron chi connectivity index (χ3n) is 2.50. The lowest BCUT2D eigenvalue weighted by atomic mass is 10.1. The number of nitrogens with zero attached hydrogens (tertiary/aromatic N) is 1. The molecule has 1 rings (SSSR count). The zero-order chi connectivity index (χ0) is 13.9. The van der Waals surface area contributed by atoms with Crippen LogP contribution in [0.1, 0.15) is 24.2 Å². The summed E-state index contributed by atoms with van der Waals surface area (Å²) in [6.07, 6.45) is 1.11. The first-order valence-electron chi connectivity index (χ1n) is 5.78. The van der Waals surface area contributed by atoms with Crippen molar-refractivity contribution in [1.82, 2.24) is 4.90 Å². The summed E-state index contributed by atoms with van der Waals surface area (Å²) in [6, 6.07) is 6.31. The van der Waals surface area contributed by atoms with E-state index in [1.165, 1.54) is 6.07 Å². The highest BCUT2D eigenvalue weighted by atomic mass is 32.2. The van der Waals surface area contributed by atoms with Gasteiger partial charge in [-0.1, -0.05) is 26.0 Å². The largest absolute Gasteiger partial charge is 0.341 e. The van der Waals surface area contributed by atoms with Crippen LogP contribution in [0.25, 0.3) is 0 Å². The Labute approximate surface area is 109 Å². The van der Waals surface area contributed by atoms with Crippen LogP contribution >= 0.6 is 0 Å². The summed E-state index contributed by atoms with van der Waals surface area (Å²) in [5.74, 6) is 0.0778. The number of hydrogen-bond acceptors (Lipinski definition) is 3. The van der Waals surface area contributed by atoms with E-state index in [0.717, 1.165) is 6.26 Å². The summed E-state index contributed by atoms with van der Waals surface area (Å²) in [6.45, 7) is 4.61. The summed E-state index contributed by atoms with van der Waals surface area (Å²) >= 11 is 0. The summed E-state index contributed by atoms with van der Waals surface area (Å²) in [5, 5.41) is 0. The van der Waals surface area contributed by atoms with Gasteiger partial charge in [-0.3, -0.25) is 4.79 Å². The van der Waals surface area contributed by atoms with Gasteiger partial charge in [0.1, 0.15) is 0 Å². The Kier molecular flexibility index (Phi) is 4.51. The molecule has 100 valence electrons. The number of carbonyl (C=O) groups is 1. The topological polar surface area (TPSA) is 54.5 Å². The predicted molar refractivity (Wildman–Crippen MR) is 71.4 cm³/mol. The Bertz CT molecular complexity index is 535. The molecule has 0 aliphatic carbocycles. The van der Waals surface area contributed by atoms with Crippen LogP contribution in [-0.2, 0) is 9.84 Å². The fourth-order valence-corrected chi connectivity index (χ4v) is 2.68. The molecule has 4 nitrogen and oxygen atoms in total.